The van der Waals surface area contributed by atoms with Crippen molar-refractivity contribution in [2.75, 3.05) is 18.4 Å². The zero-order valence-electron chi connectivity index (χ0n) is 20.2. The van der Waals surface area contributed by atoms with Crippen LogP contribution in [0.1, 0.15) is 23.1 Å². The van der Waals surface area contributed by atoms with Gasteiger partial charge in [0.15, 0.2) is 11.9 Å². The minimum absolute atomic E-state index is 0.00626. The van der Waals surface area contributed by atoms with Gasteiger partial charge in [0.05, 0.1) is 11.4 Å². The molecular weight excluding hydrogens is 506 g/mol. The van der Waals surface area contributed by atoms with Crippen LogP contribution in [-0.4, -0.2) is 63.2 Å². The van der Waals surface area contributed by atoms with Crippen LogP contribution in [0, 0.1) is 20.8 Å². The maximum absolute atomic E-state index is 13.4. The molecule has 2 aliphatic rings. The predicted molar refractivity (Wildman–Crippen MR) is 129 cm³/mol. The van der Waals surface area contributed by atoms with E-state index in [0.717, 1.165) is 31.4 Å². The summed E-state index contributed by atoms with van der Waals surface area (Å²) in [5.74, 6) is 0.332. The Bertz CT molecular complexity index is 1590. The van der Waals surface area contributed by atoms with E-state index >= 15 is 0 Å². The Morgan fingerprint density at radius 2 is 1.78 bits per heavy atom. The van der Waals surface area contributed by atoms with Gasteiger partial charge < -0.3 is 14.4 Å². The quantitative estimate of drug-likeness (QED) is 0.488. The molecule has 0 aliphatic carbocycles. The number of carbonyl (C=O) groups excluding carboxylic acids is 1. The van der Waals surface area contributed by atoms with Crippen LogP contribution >= 0.6 is 0 Å². The number of hydrogen-bond donors (Lipinski definition) is 2. The van der Waals surface area contributed by atoms with Crippen LogP contribution in [0.3, 0.4) is 0 Å². The van der Waals surface area contributed by atoms with Crippen molar-refractivity contribution in [1.82, 2.24) is 18.8 Å². The van der Waals surface area contributed by atoms with Crippen molar-refractivity contribution in [1.29, 1.82) is 0 Å². The Balaban J connectivity index is 1.53. The van der Waals surface area contributed by atoms with E-state index < -0.39 is 51.5 Å². The van der Waals surface area contributed by atoms with Gasteiger partial charge in [-0.15, -0.1) is 0 Å². The summed E-state index contributed by atoms with van der Waals surface area (Å²) in [6.45, 7) is 3.87. The third-order valence-corrected chi connectivity index (χ3v) is 8.68. The highest BCUT2D eigenvalue weighted by Crippen LogP contribution is 2.40. The summed E-state index contributed by atoms with van der Waals surface area (Å²) in [5, 5.41) is 18.1. The summed E-state index contributed by atoms with van der Waals surface area (Å²) in [6.07, 6.45) is -2.33. The summed E-state index contributed by atoms with van der Waals surface area (Å²) >= 11 is 0. The van der Waals surface area contributed by atoms with Gasteiger partial charge in [0.25, 0.3) is 11.1 Å². The number of hydrogen-bond acceptors (Lipinski definition) is 9. The first-order valence-electron chi connectivity index (χ1n) is 11.4. The Morgan fingerprint density at radius 1 is 1.11 bits per heavy atom. The second kappa shape index (κ2) is 8.68. The average molecular weight is 532 g/mol. The number of ether oxygens (including phenoxy) is 1. The zero-order valence-corrected chi connectivity index (χ0v) is 21.1. The van der Waals surface area contributed by atoms with Gasteiger partial charge >= 0.3 is 6.09 Å². The summed E-state index contributed by atoms with van der Waals surface area (Å²) in [6, 6.07) is 7.13. The molecule has 1 aromatic carbocycles. The van der Waals surface area contributed by atoms with E-state index in [4.69, 9.17) is 9.26 Å². The third-order valence-electron chi connectivity index (χ3n) is 6.85. The van der Waals surface area contributed by atoms with Gasteiger partial charge in [-0.25, -0.2) is 22.6 Å². The monoisotopic (exact) mass is 531 g/mol. The number of aryl methyl sites for hydroxylation is 3. The minimum Gasteiger partial charge on any atom is -0.441 e. The van der Waals surface area contributed by atoms with Crippen LogP contribution in [0.15, 0.2) is 55.4 Å². The van der Waals surface area contributed by atoms with E-state index in [-0.39, 0.29) is 23.7 Å². The second-order valence-electron chi connectivity index (χ2n) is 9.27. The standard InChI is InChI=1S/C23H25N5O8S/c1-13-4-6-16(7-5-13)37(33,34)26-10-17-23(32,12-26)18(11-27-19(29)8-9-20(30)28(17)27)35-22(31)24-21-14(2)25-36-15(21)3/h4-9,17-18,32H,10-12H2,1-3H3,(H,24,31)/t17-,18+,23-/m1/s1. The number of nitrogens with zero attached hydrogens (tertiary/aromatic N) is 4. The maximum atomic E-state index is 13.4. The van der Waals surface area contributed by atoms with Crippen LogP contribution in [0.2, 0.25) is 0 Å². The molecule has 14 heteroatoms. The van der Waals surface area contributed by atoms with Crippen LogP contribution in [0.25, 0.3) is 0 Å². The molecule has 1 amide bonds. The summed E-state index contributed by atoms with van der Waals surface area (Å²) in [7, 11) is -4.09. The van der Waals surface area contributed by atoms with Gasteiger partial charge in [-0.2, -0.15) is 4.31 Å². The fourth-order valence-electron chi connectivity index (χ4n) is 4.86. The summed E-state index contributed by atoms with van der Waals surface area (Å²) < 4.78 is 40.6. The van der Waals surface area contributed by atoms with Crippen LogP contribution < -0.4 is 16.4 Å². The average Bonchev–Trinajstić information content (AvgIpc) is 3.37. The number of anilines is 1. The number of fused-ring (bicyclic) bond motifs is 3. The molecule has 1 fully saturated rings. The molecule has 0 bridgehead atoms. The number of rotatable bonds is 4. The van der Waals surface area contributed by atoms with Crippen molar-refractivity contribution in [3.63, 3.8) is 0 Å². The van der Waals surface area contributed by atoms with Gasteiger partial charge in [0.1, 0.15) is 23.0 Å². The molecule has 0 saturated carbocycles. The molecule has 13 nitrogen and oxygen atoms in total. The number of benzene rings is 1. The van der Waals surface area contributed by atoms with Crippen molar-refractivity contribution in [3.05, 3.63) is 74.1 Å². The predicted octanol–water partition coefficient (Wildman–Crippen LogP) is 0.531. The molecule has 1 saturated heterocycles. The highest BCUT2D eigenvalue weighted by Gasteiger charge is 2.59. The Hall–Kier alpha value is -3.75. The molecule has 37 heavy (non-hydrogen) atoms. The van der Waals surface area contributed by atoms with Gasteiger partial charge in [-0.1, -0.05) is 22.9 Å². The number of aromatic nitrogens is 3. The second-order valence-corrected chi connectivity index (χ2v) is 11.2. The highest BCUT2D eigenvalue weighted by molar-refractivity contribution is 7.89. The summed E-state index contributed by atoms with van der Waals surface area (Å²) in [5.41, 5.74) is -1.62. The van der Waals surface area contributed by atoms with Gasteiger partial charge in [-0.3, -0.25) is 14.9 Å². The molecule has 2 aromatic heterocycles. The van der Waals surface area contributed by atoms with Crippen molar-refractivity contribution >= 4 is 21.8 Å². The number of sulfonamides is 1. The molecule has 0 radical (unpaired) electrons. The van der Waals surface area contributed by atoms with Crippen molar-refractivity contribution in [3.8, 4) is 0 Å². The third kappa shape index (κ3) is 4.06. The molecule has 0 unspecified atom stereocenters. The lowest BCUT2D eigenvalue weighted by atomic mass is 9.89. The molecule has 3 aromatic rings. The zero-order chi connectivity index (χ0) is 26.7. The normalized spacial score (nSPS) is 23.4. The Morgan fingerprint density at radius 3 is 2.43 bits per heavy atom. The van der Waals surface area contributed by atoms with Crippen LogP contribution in [0.5, 0.6) is 0 Å². The fraction of sp³-hybridized carbons (Fsp3) is 0.391. The summed E-state index contributed by atoms with van der Waals surface area (Å²) in [4.78, 5) is 38.2. The first-order valence-corrected chi connectivity index (χ1v) is 12.9. The van der Waals surface area contributed by atoms with Crippen molar-refractivity contribution in [2.45, 2.75) is 50.0 Å². The number of β-amino-alcohol motifs (C(OH)–C–C–N with tert-alkyl or cyclic N) is 1. The van der Waals surface area contributed by atoms with E-state index in [1.165, 1.54) is 12.1 Å². The molecule has 4 heterocycles. The number of carbonyl (C=O) groups is 1. The highest BCUT2D eigenvalue weighted by atomic mass is 32.2. The first-order chi connectivity index (χ1) is 17.4. The molecule has 196 valence electrons. The van der Waals surface area contributed by atoms with E-state index in [1.807, 2.05) is 6.92 Å². The lowest BCUT2D eigenvalue weighted by Gasteiger charge is -2.42. The number of amides is 1. The number of nitrogens with one attached hydrogen (secondary N) is 1. The van der Waals surface area contributed by atoms with Gasteiger partial charge in [-0.05, 0) is 32.9 Å². The molecule has 3 atom stereocenters. The topological polar surface area (TPSA) is 166 Å². The van der Waals surface area contributed by atoms with Crippen molar-refractivity contribution < 1.29 is 27.6 Å². The van der Waals surface area contributed by atoms with Crippen molar-refractivity contribution in [2.24, 2.45) is 0 Å². The van der Waals surface area contributed by atoms with E-state index in [2.05, 4.69) is 10.5 Å². The SMILES string of the molecule is Cc1ccc(S(=O)(=O)N2C[C@H]3n4c(=O)ccc(=O)n4C[C@H](OC(=O)Nc4c(C)noc4C)[C@@]3(O)C2)cc1. The smallest absolute Gasteiger partial charge is 0.412 e. The van der Waals surface area contributed by atoms with Crippen LogP contribution in [-0.2, 0) is 21.3 Å². The Labute approximate surface area is 210 Å². The molecule has 2 aliphatic heterocycles. The fourth-order valence-corrected chi connectivity index (χ4v) is 6.35. The van der Waals surface area contributed by atoms with E-state index in [0.29, 0.717) is 11.5 Å². The van der Waals surface area contributed by atoms with Crippen LogP contribution in [0.4, 0.5) is 10.5 Å². The van der Waals surface area contributed by atoms with E-state index in [9.17, 15) is 27.9 Å². The molecule has 2 N–H and O–H groups in total. The molecule has 5 rings (SSSR count). The number of aliphatic hydroxyl groups is 1. The van der Waals surface area contributed by atoms with E-state index in [1.54, 1.807) is 26.0 Å². The molecule has 0 spiro atoms. The lowest BCUT2D eigenvalue weighted by molar-refractivity contribution is -0.121. The Kier molecular flexibility index (Phi) is 5.84. The maximum Gasteiger partial charge on any atom is 0.412 e. The van der Waals surface area contributed by atoms with Gasteiger partial charge in [0, 0.05) is 25.2 Å². The minimum atomic E-state index is -4.09. The first kappa shape index (κ1) is 24.9. The molecular formula is C23H25N5O8S. The largest absolute Gasteiger partial charge is 0.441 e. The lowest BCUT2D eigenvalue weighted by Crippen LogP contribution is -2.62. The van der Waals surface area contributed by atoms with Gasteiger partial charge in [0.2, 0.25) is 10.0 Å².